The highest BCUT2D eigenvalue weighted by Crippen LogP contribution is 2.25. The normalized spacial score (nSPS) is 10.6. The topological polar surface area (TPSA) is 45.1 Å². The lowest BCUT2D eigenvalue weighted by molar-refractivity contribution is 0.292. The summed E-state index contributed by atoms with van der Waals surface area (Å²) in [4.78, 5) is 4.26. The van der Waals surface area contributed by atoms with Gasteiger partial charge < -0.3 is 10.4 Å². The number of aliphatic hydroxyl groups is 1. The number of rotatable bonds is 4. The minimum absolute atomic E-state index is 0.215. The van der Waals surface area contributed by atoms with Crippen LogP contribution in [0.15, 0.2) is 23.7 Å². The van der Waals surface area contributed by atoms with Gasteiger partial charge in [0.05, 0.1) is 0 Å². The molecule has 2 heterocycles. The van der Waals surface area contributed by atoms with Crippen LogP contribution in [0.25, 0.3) is 10.1 Å². The Kier molecular flexibility index (Phi) is 2.96. The number of hydrogen-bond acceptors (Lipinski definition) is 4. The van der Waals surface area contributed by atoms with E-state index in [1.54, 1.807) is 17.5 Å². The van der Waals surface area contributed by atoms with Crippen molar-refractivity contribution < 1.29 is 5.11 Å². The molecule has 2 N–H and O–H groups in total. The van der Waals surface area contributed by atoms with Gasteiger partial charge >= 0.3 is 0 Å². The Bertz CT molecular complexity index is 413. The van der Waals surface area contributed by atoms with E-state index in [0.717, 1.165) is 24.2 Å². The summed E-state index contributed by atoms with van der Waals surface area (Å²) in [6.07, 6.45) is 2.56. The Morgan fingerprint density at radius 2 is 2.36 bits per heavy atom. The number of nitrogens with one attached hydrogen (secondary N) is 1. The average Bonchev–Trinajstić information content (AvgIpc) is 2.67. The molecule has 2 aromatic rings. The van der Waals surface area contributed by atoms with Crippen LogP contribution < -0.4 is 5.32 Å². The SMILES string of the molecule is OCCCNc1nccc2sccc12. The summed E-state index contributed by atoms with van der Waals surface area (Å²) in [5.41, 5.74) is 0. The Labute approximate surface area is 86.4 Å². The molecule has 74 valence electrons. The zero-order chi connectivity index (χ0) is 9.80. The van der Waals surface area contributed by atoms with Crippen LogP contribution in [0, 0.1) is 0 Å². The Morgan fingerprint density at radius 1 is 1.43 bits per heavy atom. The molecule has 0 aliphatic heterocycles. The van der Waals surface area contributed by atoms with E-state index in [-0.39, 0.29) is 6.61 Å². The number of anilines is 1. The number of fused-ring (bicyclic) bond motifs is 1. The largest absolute Gasteiger partial charge is 0.396 e. The van der Waals surface area contributed by atoms with Crippen molar-refractivity contribution in [2.45, 2.75) is 6.42 Å². The molecule has 0 aliphatic rings. The third-order valence-corrected chi connectivity index (χ3v) is 2.89. The fourth-order valence-electron chi connectivity index (χ4n) is 1.32. The van der Waals surface area contributed by atoms with Crippen molar-refractivity contribution in [3.63, 3.8) is 0 Å². The van der Waals surface area contributed by atoms with Crippen molar-refractivity contribution in [2.75, 3.05) is 18.5 Å². The van der Waals surface area contributed by atoms with Crippen molar-refractivity contribution in [1.29, 1.82) is 0 Å². The molecule has 4 heteroatoms. The summed E-state index contributed by atoms with van der Waals surface area (Å²) >= 11 is 1.71. The first-order valence-electron chi connectivity index (χ1n) is 4.59. The second kappa shape index (κ2) is 4.39. The molecule has 3 nitrogen and oxygen atoms in total. The van der Waals surface area contributed by atoms with E-state index in [1.165, 1.54) is 4.70 Å². The third-order valence-electron chi connectivity index (χ3n) is 2.01. The molecular weight excluding hydrogens is 196 g/mol. The first kappa shape index (κ1) is 9.43. The molecule has 14 heavy (non-hydrogen) atoms. The van der Waals surface area contributed by atoms with E-state index in [2.05, 4.69) is 21.7 Å². The molecule has 0 unspecified atom stereocenters. The Hall–Kier alpha value is -1.13. The number of aromatic nitrogens is 1. The lowest BCUT2D eigenvalue weighted by Gasteiger charge is -2.04. The zero-order valence-electron chi connectivity index (χ0n) is 7.73. The van der Waals surface area contributed by atoms with E-state index < -0.39 is 0 Å². The fourth-order valence-corrected chi connectivity index (χ4v) is 2.10. The van der Waals surface area contributed by atoms with Crippen molar-refractivity contribution in [2.24, 2.45) is 0 Å². The van der Waals surface area contributed by atoms with Crippen LogP contribution in [-0.4, -0.2) is 23.2 Å². The van der Waals surface area contributed by atoms with Crippen LogP contribution in [0.1, 0.15) is 6.42 Å². The molecule has 0 saturated carbocycles. The molecule has 2 rings (SSSR count). The maximum atomic E-state index is 8.66. The quantitative estimate of drug-likeness (QED) is 0.756. The van der Waals surface area contributed by atoms with Crippen molar-refractivity contribution >= 4 is 27.2 Å². The van der Waals surface area contributed by atoms with Crippen LogP contribution in [0.3, 0.4) is 0 Å². The predicted octanol–water partition coefficient (Wildman–Crippen LogP) is 2.09. The molecule has 0 aromatic carbocycles. The predicted molar refractivity (Wildman–Crippen MR) is 59.8 cm³/mol. The molecule has 0 aliphatic carbocycles. The van der Waals surface area contributed by atoms with Gasteiger partial charge in [0.1, 0.15) is 5.82 Å². The van der Waals surface area contributed by atoms with E-state index in [9.17, 15) is 0 Å². The van der Waals surface area contributed by atoms with Gasteiger partial charge in [0.15, 0.2) is 0 Å². The van der Waals surface area contributed by atoms with E-state index >= 15 is 0 Å². The van der Waals surface area contributed by atoms with Crippen molar-refractivity contribution in [3.8, 4) is 0 Å². The molecule has 0 radical (unpaired) electrons. The fraction of sp³-hybridized carbons (Fsp3) is 0.300. The number of hydrogen-bond donors (Lipinski definition) is 2. The second-order valence-corrected chi connectivity index (χ2v) is 3.94. The molecule has 0 bridgehead atoms. The summed E-state index contributed by atoms with van der Waals surface area (Å²) in [7, 11) is 0. The van der Waals surface area contributed by atoms with Gasteiger partial charge in [-0.15, -0.1) is 11.3 Å². The highest BCUT2D eigenvalue weighted by molar-refractivity contribution is 7.17. The summed E-state index contributed by atoms with van der Waals surface area (Å²) < 4.78 is 1.24. The van der Waals surface area contributed by atoms with Crippen LogP contribution in [0.2, 0.25) is 0 Å². The maximum Gasteiger partial charge on any atom is 0.134 e. The number of pyridine rings is 1. The van der Waals surface area contributed by atoms with Gasteiger partial charge in [-0.25, -0.2) is 4.98 Å². The highest BCUT2D eigenvalue weighted by atomic mass is 32.1. The van der Waals surface area contributed by atoms with Gasteiger partial charge in [-0.2, -0.15) is 0 Å². The van der Waals surface area contributed by atoms with Gasteiger partial charge in [-0.05, 0) is 23.9 Å². The monoisotopic (exact) mass is 208 g/mol. The molecule has 0 saturated heterocycles. The van der Waals surface area contributed by atoms with Gasteiger partial charge in [0.25, 0.3) is 0 Å². The Morgan fingerprint density at radius 3 is 3.21 bits per heavy atom. The molecular formula is C10H12N2OS. The first-order chi connectivity index (χ1) is 6.92. The average molecular weight is 208 g/mol. The van der Waals surface area contributed by atoms with Crippen LogP contribution in [0.4, 0.5) is 5.82 Å². The molecule has 0 amide bonds. The molecule has 0 spiro atoms. The second-order valence-electron chi connectivity index (χ2n) is 3.00. The highest BCUT2D eigenvalue weighted by Gasteiger charge is 2.01. The van der Waals surface area contributed by atoms with Crippen molar-refractivity contribution in [3.05, 3.63) is 23.7 Å². The van der Waals surface area contributed by atoms with Crippen LogP contribution >= 0.6 is 11.3 Å². The van der Waals surface area contributed by atoms with E-state index in [0.29, 0.717) is 0 Å². The van der Waals surface area contributed by atoms with Gasteiger partial charge in [-0.1, -0.05) is 0 Å². The van der Waals surface area contributed by atoms with E-state index in [4.69, 9.17) is 5.11 Å². The van der Waals surface area contributed by atoms with Gasteiger partial charge in [-0.3, -0.25) is 0 Å². The van der Waals surface area contributed by atoms with Crippen LogP contribution in [0.5, 0.6) is 0 Å². The van der Waals surface area contributed by atoms with Gasteiger partial charge in [0.2, 0.25) is 0 Å². The summed E-state index contributed by atoms with van der Waals surface area (Å²) in [5, 5.41) is 15.1. The number of nitrogens with zero attached hydrogens (tertiary/aromatic N) is 1. The van der Waals surface area contributed by atoms with Gasteiger partial charge in [0, 0.05) is 29.4 Å². The summed E-state index contributed by atoms with van der Waals surface area (Å²) in [6, 6.07) is 4.07. The molecule has 0 fully saturated rings. The minimum atomic E-state index is 0.215. The first-order valence-corrected chi connectivity index (χ1v) is 5.47. The summed E-state index contributed by atoms with van der Waals surface area (Å²) in [6.45, 7) is 0.977. The lowest BCUT2D eigenvalue weighted by Crippen LogP contribution is -2.04. The zero-order valence-corrected chi connectivity index (χ0v) is 8.55. The summed E-state index contributed by atoms with van der Waals surface area (Å²) in [5.74, 6) is 0.914. The number of thiophene rings is 1. The molecule has 2 aromatic heterocycles. The third kappa shape index (κ3) is 1.86. The minimum Gasteiger partial charge on any atom is -0.396 e. The van der Waals surface area contributed by atoms with Crippen molar-refractivity contribution in [1.82, 2.24) is 4.98 Å². The lowest BCUT2D eigenvalue weighted by atomic mass is 10.3. The van der Waals surface area contributed by atoms with E-state index in [1.807, 2.05) is 6.07 Å². The van der Waals surface area contributed by atoms with Crippen LogP contribution in [-0.2, 0) is 0 Å². The molecule has 0 atom stereocenters. The Balaban J connectivity index is 2.19. The smallest absolute Gasteiger partial charge is 0.134 e. The standard InChI is InChI=1S/C10H12N2OS/c13-6-1-4-11-10-8-3-7-14-9(8)2-5-12-10/h2-3,5,7,13H,1,4,6H2,(H,11,12). The maximum absolute atomic E-state index is 8.66. The number of aliphatic hydroxyl groups excluding tert-OH is 1.